The first-order chi connectivity index (χ1) is 9.43. The molecule has 0 saturated carbocycles. The largest absolute Gasteiger partial charge is 0.465 e. The number of carbonyl (C=O) groups is 1. The zero-order valence-corrected chi connectivity index (χ0v) is 11.9. The van der Waals surface area contributed by atoms with Gasteiger partial charge in [-0.25, -0.2) is 9.78 Å². The molecule has 0 aliphatic carbocycles. The van der Waals surface area contributed by atoms with Crippen LogP contribution in [0.2, 0.25) is 0 Å². The number of nitrogens with zero attached hydrogens (tertiary/aromatic N) is 3. The van der Waals surface area contributed by atoms with E-state index < -0.39 is 6.09 Å². The summed E-state index contributed by atoms with van der Waals surface area (Å²) in [5.74, 6) is 0.824. The molecule has 1 aliphatic heterocycles. The lowest BCUT2D eigenvalue weighted by Crippen LogP contribution is -2.53. The Bertz CT molecular complexity index is 498. The van der Waals surface area contributed by atoms with Crippen LogP contribution in [0, 0.1) is 6.92 Å². The molecule has 0 aromatic carbocycles. The van der Waals surface area contributed by atoms with Crippen LogP contribution in [0.4, 0.5) is 10.6 Å². The first kappa shape index (κ1) is 14.5. The highest BCUT2D eigenvalue weighted by Crippen LogP contribution is 2.26. The number of aromatic nitrogens is 2. The molecule has 7 heteroatoms. The van der Waals surface area contributed by atoms with Crippen LogP contribution >= 0.6 is 0 Å². The van der Waals surface area contributed by atoms with Gasteiger partial charge in [0, 0.05) is 31.4 Å². The van der Waals surface area contributed by atoms with Gasteiger partial charge in [-0.05, 0) is 26.7 Å². The number of nitrogens with two attached hydrogens (primary N) is 1. The molecule has 1 saturated heterocycles. The van der Waals surface area contributed by atoms with Crippen LogP contribution in [0.25, 0.3) is 0 Å². The molecule has 1 aromatic rings. The fourth-order valence-electron chi connectivity index (χ4n) is 2.48. The van der Waals surface area contributed by atoms with E-state index in [1.807, 2.05) is 13.8 Å². The predicted molar refractivity (Wildman–Crippen MR) is 75.7 cm³/mol. The Labute approximate surface area is 118 Å². The van der Waals surface area contributed by atoms with Crippen LogP contribution in [0.3, 0.4) is 0 Å². The highest BCUT2D eigenvalue weighted by atomic mass is 16.4. The zero-order chi connectivity index (χ0) is 14.8. The van der Waals surface area contributed by atoms with Crippen LogP contribution in [0.1, 0.15) is 31.2 Å². The Morgan fingerprint density at radius 1 is 1.55 bits per heavy atom. The van der Waals surface area contributed by atoms with Crippen molar-refractivity contribution in [3.8, 4) is 0 Å². The fraction of sp³-hybridized carbons (Fsp3) is 0.615. The molecule has 0 atom stereocenters. The van der Waals surface area contributed by atoms with Gasteiger partial charge in [-0.2, -0.15) is 0 Å². The van der Waals surface area contributed by atoms with E-state index in [4.69, 9.17) is 10.8 Å². The smallest absolute Gasteiger partial charge is 0.405 e. The van der Waals surface area contributed by atoms with E-state index >= 15 is 0 Å². The zero-order valence-electron chi connectivity index (χ0n) is 11.9. The molecule has 1 fully saturated rings. The first-order valence-electron chi connectivity index (χ1n) is 6.72. The van der Waals surface area contributed by atoms with E-state index in [9.17, 15) is 4.79 Å². The number of hydrogen-bond donors (Lipinski definition) is 3. The van der Waals surface area contributed by atoms with Crippen LogP contribution in [0.5, 0.6) is 0 Å². The van der Waals surface area contributed by atoms with Crippen molar-refractivity contribution in [1.82, 2.24) is 15.3 Å². The number of piperidine rings is 1. The molecule has 0 spiro atoms. The SMILES string of the molecule is Cc1cnc(CN)c(N2CCC(C)(NC(=O)O)CC2)n1. The number of nitrogens with one attached hydrogen (secondary N) is 1. The summed E-state index contributed by atoms with van der Waals surface area (Å²) in [6.45, 7) is 5.66. The van der Waals surface area contributed by atoms with E-state index in [0.717, 1.165) is 43.1 Å². The fourth-order valence-corrected chi connectivity index (χ4v) is 2.48. The maximum absolute atomic E-state index is 10.8. The van der Waals surface area contributed by atoms with Crippen molar-refractivity contribution < 1.29 is 9.90 Å². The number of carboxylic acid groups (broad SMARTS) is 1. The molecular weight excluding hydrogens is 258 g/mol. The maximum atomic E-state index is 10.8. The van der Waals surface area contributed by atoms with Gasteiger partial charge >= 0.3 is 6.09 Å². The summed E-state index contributed by atoms with van der Waals surface area (Å²) in [7, 11) is 0. The van der Waals surface area contributed by atoms with Gasteiger partial charge in [0.2, 0.25) is 0 Å². The van der Waals surface area contributed by atoms with Gasteiger partial charge in [0.25, 0.3) is 0 Å². The number of aryl methyl sites for hydroxylation is 1. The van der Waals surface area contributed by atoms with Crippen molar-refractivity contribution >= 4 is 11.9 Å². The molecule has 7 nitrogen and oxygen atoms in total. The summed E-state index contributed by atoms with van der Waals surface area (Å²) in [5.41, 5.74) is 6.97. The lowest BCUT2D eigenvalue weighted by molar-refractivity contribution is 0.173. The minimum atomic E-state index is -0.973. The molecule has 4 N–H and O–H groups in total. The first-order valence-corrected chi connectivity index (χ1v) is 6.72. The normalized spacial score (nSPS) is 17.9. The lowest BCUT2D eigenvalue weighted by atomic mass is 9.90. The molecule has 0 bridgehead atoms. The van der Waals surface area contributed by atoms with Gasteiger partial charge in [0.1, 0.15) is 0 Å². The molecule has 0 unspecified atom stereocenters. The number of anilines is 1. The van der Waals surface area contributed by atoms with Crippen molar-refractivity contribution in [3.63, 3.8) is 0 Å². The standard InChI is InChI=1S/C13H21N5O2/c1-9-8-15-10(7-14)11(16-9)18-5-3-13(2,4-6-18)17-12(19)20/h8,17H,3-7,14H2,1-2H3,(H,19,20). The molecule has 1 amide bonds. The summed E-state index contributed by atoms with van der Waals surface area (Å²) in [5, 5.41) is 11.5. The van der Waals surface area contributed by atoms with Crippen molar-refractivity contribution in [1.29, 1.82) is 0 Å². The monoisotopic (exact) mass is 279 g/mol. The van der Waals surface area contributed by atoms with Crippen molar-refractivity contribution in [2.24, 2.45) is 5.73 Å². The third-order valence-corrected chi connectivity index (χ3v) is 3.72. The van der Waals surface area contributed by atoms with E-state index in [0.29, 0.717) is 6.54 Å². The molecular formula is C13H21N5O2. The summed E-state index contributed by atoms with van der Waals surface area (Å²) in [4.78, 5) is 21.8. The second kappa shape index (κ2) is 5.62. The molecule has 2 heterocycles. The molecule has 2 rings (SSSR count). The molecule has 0 radical (unpaired) electrons. The van der Waals surface area contributed by atoms with Gasteiger partial charge < -0.3 is 21.1 Å². The third kappa shape index (κ3) is 3.16. The van der Waals surface area contributed by atoms with E-state index in [1.165, 1.54) is 0 Å². The second-order valence-electron chi connectivity index (χ2n) is 5.46. The highest BCUT2D eigenvalue weighted by Gasteiger charge is 2.32. The predicted octanol–water partition coefficient (Wildman–Crippen LogP) is 0.870. The Morgan fingerprint density at radius 2 is 2.20 bits per heavy atom. The summed E-state index contributed by atoms with van der Waals surface area (Å²) in [6.07, 6.45) is 2.21. The minimum absolute atomic E-state index is 0.351. The van der Waals surface area contributed by atoms with Gasteiger partial charge in [-0.1, -0.05) is 0 Å². The number of hydrogen-bond acceptors (Lipinski definition) is 5. The van der Waals surface area contributed by atoms with Gasteiger partial charge in [0.15, 0.2) is 5.82 Å². The van der Waals surface area contributed by atoms with Crippen molar-refractivity contribution in [2.45, 2.75) is 38.8 Å². The molecule has 110 valence electrons. The average molecular weight is 279 g/mol. The Kier molecular flexibility index (Phi) is 4.08. The van der Waals surface area contributed by atoms with Gasteiger partial charge in [0.05, 0.1) is 11.4 Å². The average Bonchev–Trinajstić information content (AvgIpc) is 2.38. The quantitative estimate of drug-likeness (QED) is 0.758. The van der Waals surface area contributed by atoms with Crippen molar-refractivity contribution in [2.75, 3.05) is 18.0 Å². The molecule has 1 aromatic heterocycles. The lowest BCUT2D eigenvalue weighted by Gasteiger charge is -2.40. The third-order valence-electron chi connectivity index (χ3n) is 3.72. The van der Waals surface area contributed by atoms with Crippen LogP contribution in [-0.2, 0) is 6.54 Å². The number of rotatable bonds is 3. The van der Waals surface area contributed by atoms with Gasteiger partial charge in [-0.3, -0.25) is 4.98 Å². The van der Waals surface area contributed by atoms with E-state index in [2.05, 4.69) is 20.2 Å². The Hall–Kier alpha value is -1.89. The summed E-state index contributed by atoms with van der Waals surface area (Å²) >= 11 is 0. The van der Waals surface area contributed by atoms with Crippen molar-refractivity contribution in [3.05, 3.63) is 17.6 Å². The minimum Gasteiger partial charge on any atom is -0.465 e. The second-order valence-corrected chi connectivity index (χ2v) is 5.46. The highest BCUT2D eigenvalue weighted by molar-refractivity contribution is 5.65. The summed E-state index contributed by atoms with van der Waals surface area (Å²) < 4.78 is 0. The summed E-state index contributed by atoms with van der Waals surface area (Å²) in [6, 6.07) is 0. The van der Waals surface area contributed by atoms with Gasteiger partial charge in [-0.15, -0.1) is 0 Å². The Morgan fingerprint density at radius 3 is 2.75 bits per heavy atom. The number of amides is 1. The Balaban J connectivity index is 2.11. The maximum Gasteiger partial charge on any atom is 0.405 e. The van der Waals surface area contributed by atoms with E-state index in [-0.39, 0.29) is 5.54 Å². The van der Waals surface area contributed by atoms with Crippen LogP contribution in [0.15, 0.2) is 6.20 Å². The van der Waals surface area contributed by atoms with Crippen LogP contribution in [-0.4, -0.2) is 39.8 Å². The topological polar surface area (TPSA) is 104 Å². The molecule has 20 heavy (non-hydrogen) atoms. The van der Waals surface area contributed by atoms with E-state index in [1.54, 1.807) is 6.20 Å². The molecule has 1 aliphatic rings. The van der Waals surface area contributed by atoms with Crippen LogP contribution < -0.4 is 16.0 Å².